The SMILES string of the molecule is O=C(Nc1cc(Cl)ccc1Cl)OCC(F)(F)F. The zero-order valence-electron chi connectivity index (χ0n) is 8.15. The highest BCUT2D eigenvalue weighted by Crippen LogP contribution is 2.25. The maximum absolute atomic E-state index is 11.7. The van der Waals surface area contributed by atoms with Gasteiger partial charge >= 0.3 is 12.3 Å². The fourth-order valence-electron chi connectivity index (χ4n) is 0.887. The van der Waals surface area contributed by atoms with Crippen LogP contribution >= 0.6 is 23.2 Å². The minimum Gasteiger partial charge on any atom is -0.440 e. The summed E-state index contributed by atoms with van der Waals surface area (Å²) < 4.78 is 39.2. The second kappa shape index (κ2) is 5.46. The van der Waals surface area contributed by atoms with Crippen molar-refractivity contribution in [2.45, 2.75) is 6.18 Å². The third-order valence-electron chi connectivity index (χ3n) is 1.53. The Bertz CT molecular complexity index is 423. The van der Waals surface area contributed by atoms with Gasteiger partial charge in [0.15, 0.2) is 6.61 Å². The van der Waals surface area contributed by atoms with Crippen molar-refractivity contribution in [2.75, 3.05) is 11.9 Å². The van der Waals surface area contributed by atoms with Crippen molar-refractivity contribution in [3.8, 4) is 0 Å². The van der Waals surface area contributed by atoms with E-state index >= 15 is 0 Å². The third kappa shape index (κ3) is 5.14. The van der Waals surface area contributed by atoms with Gasteiger partial charge in [-0.15, -0.1) is 0 Å². The Kier molecular flexibility index (Phi) is 4.47. The molecule has 1 aromatic rings. The van der Waals surface area contributed by atoms with E-state index in [9.17, 15) is 18.0 Å². The molecule has 0 spiro atoms. The van der Waals surface area contributed by atoms with Gasteiger partial charge in [-0.2, -0.15) is 13.2 Å². The molecule has 0 radical (unpaired) electrons. The normalized spacial score (nSPS) is 11.1. The average Bonchev–Trinajstić information content (AvgIpc) is 2.20. The lowest BCUT2D eigenvalue weighted by Crippen LogP contribution is -2.23. The second-order valence-electron chi connectivity index (χ2n) is 2.94. The van der Waals surface area contributed by atoms with Gasteiger partial charge < -0.3 is 4.74 Å². The van der Waals surface area contributed by atoms with Crippen molar-refractivity contribution in [1.29, 1.82) is 0 Å². The van der Waals surface area contributed by atoms with Crippen LogP contribution in [-0.2, 0) is 4.74 Å². The molecule has 0 bridgehead atoms. The molecular weight excluding hydrogens is 282 g/mol. The Morgan fingerprint density at radius 1 is 1.35 bits per heavy atom. The van der Waals surface area contributed by atoms with Gasteiger partial charge in [-0.1, -0.05) is 23.2 Å². The number of nitrogens with one attached hydrogen (secondary N) is 1. The predicted octanol–water partition coefficient (Wildman–Crippen LogP) is 4.10. The Morgan fingerprint density at radius 3 is 2.59 bits per heavy atom. The molecular formula is C9H6Cl2F3NO2. The topological polar surface area (TPSA) is 38.3 Å². The molecule has 94 valence electrons. The molecule has 17 heavy (non-hydrogen) atoms. The van der Waals surface area contributed by atoms with E-state index in [2.05, 4.69) is 4.74 Å². The van der Waals surface area contributed by atoms with Crippen LogP contribution < -0.4 is 5.32 Å². The summed E-state index contributed by atoms with van der Waals surface area (Å²) >= 11 is 11.3. The average molecular weight is 288 g/mol. The lowest BCUT2D eigenvalue weighted by Gasteiger charge is -2.10. The largest absolute Gasteiger partial charge is 0.440 e. The van der Waals surface area contributed by atoms with Gasteiger partial charge in [0, 0.05) is 5.02 Å². The molecule has 0 fully saturated rings. The van der Waals surface area contributed by atoms with Crippen LogP contribution in [0.1, 0.15) is 0 Å². The zero-order valence-corrected chi connectivity index (χ0v) is 9.66. The summed E-state index contributed by atoms with van der Waals surface area (Å²) in [6.07, 6.45) is -5.83. The quantitative estimate of drug-likeness (QED) is 0.889. The van der Waals surface area contributed by atoms with Crippen LogP contribution in [0.25, 0.3) is 0 Å². The highest BCUT2D eigenvalue weighted by molar-refractivity contribution is 6.35. The van der Waals surface area contributed by atoms with E-state index in [1.54, 1.807) is 0 Å². The van der Waals surface area contributed by atoms with Crippen molar-refractivity contribution < 1.29 is 22.7 Å². The van der Waals surface area contributed by atoms with Gasteiger partial charge in [0.2, 0.25) is 0 Å². The molecule has 1 rings (SSSR count). The molecule has 0 aliphatic heterocycles. The van der Waals surface area contributed by atoms with E-state index in [-0.39, 0.29) is 15.7 Å². The molecule has 0 heterocycles. The Hall–Kier alpha value is -1.14. The number of anilines is 1. The van der Waals surface area contributed by atoms with Gasteiger partial charge in [-0.05, 0) is 18.2 Å². The fourth-order valence-corrected chi connectivity index (χ4v) is 1.22. The number of rotatable bonds is 2. The van der Waals surface area contributed by atoms with Crippen molar-refractivity contribution in [3.63, 3.8) is 0 Å². The summed E-state index contributed by atoms with van der Waals surface area (Å²) in [5.74, 6) is 0. The Balaban J connectivity index is 2.59. The molecule has 0 unspecified atom stereocenters. The van der Waals surface area contributed by atoms with Crippen molar-refractivity contribution in [1.82, 2.24) is 0 Å². The molecule has 3 nitrogen and oxygen atoms in total. The first-order valence-corrected chi connectivity index (χ1v) is 4.99. The second-order valence-corrected chi connectivity index (χ2v) is 3.78. The van der Waals surface area contributed by atoms with E-state index in [4.69, 9.17) is 23.2 Å². The van der Waals surface area contributed by atoms with Gasteiger partial charge in [0.05, 0.1) is 10.7 Å². The molecule has 0 saturated heterocycles. The molecule has 1 amide bonds. The Labute approximate surface area is 104 Å². The number of hydrogen-bond donors (Lipinski definition) is 1. The van der Waals surface area contributed by atoms with E-state index < -0.39 is 18.9 Å². The van der Waals surface area contributed by atoms with Gasteiger partial charge in [-0.3, -0.25) is 5.32 Å². The van der Waals surface area contributed by atoms with E-state index in [1.807, 2.05) is 5.32 Å². The van der Waals surface area contributed by atoms with E-state index in [0.717, 1.165) is 0 Å². The molecule has 1 aromatic carbocycles. The number of amides is 1. The lowest BCUT2D eigenvalue weighted by molar-refractivity contribution is -0.159. The highest BCUT2D eigenvalue weighted by Gasteiger charge is 2.29. The number of carbonyl (C=O) groups is 1. The monoisotopic (exact) mass is 287 g/mol. The summed E-state index contributed by atoms with van der Waals surface area (Å²) in [7, 11) is 0. The van der Waals surface area contributed by atoms with Gasteiger partial charge in [0.25, 0.3) is 0 Å². The first-order valence-electron chi connectivity index (χ1n) is 4.23. The predicted molar refractivity (Wildman–Crippen MR) is 57.5 cm³/mol. The highest BCUT2D eigenvalue weighted by atomic mass is 35.5. The van der Waals surface area contributed by atoms with Crippen LogP contribution in [0.2, 0.25) is 10.0 Å². The van der Waals surface area contributed by atoms with Crippen molar-refractivity contribution in [2.24, 2.45) is 0 Å². The molecule has 0 aromatic heterocycles. The molecule has 8 heteroatoms. The number of carbonyl (C=O) groups excluding carboxylic acids is 1. The van der Waals surface area contributed by atoms with Crippen LogP contribution in [0.5, 0.6) is 0 Å². The number of benzene rings is 1. The fraction of sp³-hybridized carbons (Fsp3) is 0.222. The van der Waals surface area contributed by atoms with Crippen LogP contribution in [0.15, 0.2) is 18.2 Å². The standard InChI is InChI=1S/C9H6Cl2F3NO2/c10-5-1-2-6(11)7(3-5)15-8(16)17-4-9(12,13)14/h1-3H,4H2,(H,15,16). The van der Waals surface area contributed by atoms with E-state index in [1.165, 1.54) is 18.2 Å². The van der Waals surface area contributed by atoms with Crippen molar-refractivity contribution >= 4 is 35.0 Å². The van der Waals surface area contributed by atoms with Gasteiger partial charge in [0.1, 0.15) is 0 Å². The molecule has 0 atom stereocenters. The van der Waals surface area contributed by atoms with E-state index in [0.29, 0.717) is 0 Å². The summed E-state index contributed by atoms with van der Waals surface area (Å²) in [6.45, 7) is -1.67. The van der Waals surface area contributed by atoms with Gasteiger partial charge in [-0.25, -0.2) is 4.79 Å². The third-order valence-corrected chi connectivity index (χ3v) is 2.10. The number of hydrogen-bond acceptors (Lipinski definition) is 2. The van der Waals surface area contributed by atoms with Crippen LogP contribution in [0.3, 0.4) is 0 Å². The molecule has 0 aliphatic carbocycles. The zero-order chi connectivity index (χ0) is 13.1. The smallest absolute Gasteiger partial charge is 0.422 e. The summed E-state index contributed by atoms with van der Waals surface area (Å²) in [6, 6.07) is 4.15. The maximum atomic E-state index is 11.7. The first kappa shape index (κ1) is 13.9. The van der Waals surface area contributed by atoms with Crippen LogP contribution in [0, 0.1) is 0 Å². The summed E-state index contributed by atoms with van der Waals surface area (Å²) in [4.78, 5) is 11.0. The molecule has 0 saturated carbocycles. The maximum Gasteiger partial charge on any atom is 0.422 e. The minimum atomic E-state index is -4.57. The number of halogens is 5. The molecule has 0 aliphatic rings. The summed E-state index contributed by atoms with van der Waals surface area (Å²) in [5, 5.41) is 2.46. The Morgan fingerprint density at radius 2 is 2.00 bits per heavy atom. The number of ether oxygens (including phenoxy) is 1. The first-order chi connectivity index (χ1) is 7.78. The minimum absolute atomic E-state index is 0.0753. The molecule has 1 N–H and O–H groups in total. The lowest BCUT2D eigenvalue weighted by atomic mass is 10.3. The number of alkyl halides is 3. The van der Waals surface area contributed by atoms with Crippen molar-refractivity contribution in [3.05, 3.63) is 28.2 Å². The van der Waals surface area contributed by atoms with Crippen LogP contribution in [-0.4, -0.2) is 18.9 Å². The van der Waals surface area contributed by atoms with Crippen LogP contribution in [0.4, 0.5) is 23.7 Å². The summed E-state index contributed by atoms with van der Waals surface area (Å²) in [5.41, 5.74) is 0.0753.